The molecule has 0 aliphatic rings. The fourth-order valence-corrected chi connectivity index (χ4v) is 2.17. The fraction of sp³-hybridized carbons (Fsp3) is 0.375. The Morgan fingerprint density at radius 2 is 1.96 bits per heavy atom. The molecule has 7 heteroatoms. The monoisotopic (exact) mass is 325 g/mol. The van der Waals surface area contributed by atoms with Gasteiger partial charge in [0.15, 0.2) is 5.69 Å². The molecular formula is C16H18F3N3O. The largest absolute Gasteiger partial charge is 0.435 e. The summed E-state index contributed by atoms with van der Waals surface area (Å²) in [6.45, 7) is 1.64. The molecule has 124 valence electrons. The minimum atomic E-state index is -4.50. The normalized spacial score (nSPS) is 12.9. The van der Waals surface area contributed by atoms with Crippen LogP contribution in [0.2, 0.25) is 0 Å². The number of halogens is 3. The van der Waals surface area contributed by atoms with Crippen LogP contribution in [-0.4, -0.2) is 21.7 Å². The number of nitrogens with one attached hydrogen (secondary N) is 1. The Hall–Kier alpha value is -2.31. The number of amides is 1. The molecule has 2 rings (SSSR count). The van der Waals surface area contributed by atoms with Crippen molar-refractivity contribution in [2.24, 2.45) is 0 Å². The maximum Gasteiger partial charge on any atom is 0.435 e. The lowest BCUT2D eigenvalue weighted by molar-refractivity contribution is -0.141. The maximum absolute atomic E-state index is 12.4. The van der Waals surface area contributed by atoms with Crippen LogP contribution in [-0.2, 0) is 23.9 Å². The second kappa shape index (κ2) is 7.30. The number of carbonyl (C=O) groups excluding carboxylic acids is 1. The van der Waals surface area contributed by atoms with E-state index < -0.39 is 11.9 Å². The summed E-state index contributed by atoms with van der Waals surface area (Å²) in [5.41, 5.74) is 0.179. The van der Waals surface area contributed by atoms with Gasteiger partial charge in [0.1, 0.15) is 6.54 Å². The van der Waals surface area contributed by atoms with Gasteiger partial charge >= 0.3 is 6.18 Å². The molecule has 1 aromatic heterocycles. The van der Waals surface area contributed by atoms with E-state index in [0.29, 0.717) is 0 Å². The molecule has 0 saturated carbocycles. The van der Waals surface area contributed by atoms with Gasteiger partial charge in [-0.2, -0.15) is 18.3 Å². The van der Waals surface area contributed by atoms with Gasteiger partial charge in [-0.25, -0.2) is 0 Å². The van der Waals surface area contributed by atoms with Crippen LogP contribution in [0.4, 0.5) is 13.2 Å². The van der Waals surface area contributed by atoms with Crippen molar-refractivity contribution < 1.29 is 18.0 Å². The molecule has 0 radical (unpaired) electrons. The van der Waals surface area contributed by atoms with Gasteiger partial charge < -0.3 is 5.32 Å². The first-order chi connectivity index (χ1) is 10.8. The van der Waals surface area contributed by atoms with Gasteiger partial charge in [0.05, 0.1) is 0 Å². The zero-order chi connectivity index (χ0) is 16.9. The second-order valence-corrected chi connectivity index (χ2v) is 5.39. The summed E-state index contributed by atoms with van der Waals surface area (Å²) < 4.78 is 38.3. The third-order valence-electron chi connectivity index (χ3n) is 3.35. The fourth-order valence-electron chi connectivity index (χ4n) is 2.17. The number of nitrogens with zero attached hydrogens (tertiary/aromatic N) is 2. The Morgan fingerprint density at radius 1 is 1.26 bits per heavy atom. The van der Waals surface area contributed by atoms with E-state index in [1.807, 2.05) is 37.3 Å². The third kappa shape index (κ3) is 5.43. The van der Waals surface area contributed by atoms with Gasteiger partial charge in [-0.15, -0.1) is 0 Å². The molecule has 1 amide bonds. The van der Waals surface area contributed by atoms with Crippen LogP contribution >= 0.6 is 0 Å². The van der Waals surface area contributed by atoms with Crippen LogP contribution in [0.5, 0.6) is 0 Å². The molecule has 0 bridgehead atoms. The summed E-state index contributed by atoms with van der Waals surface area (Å²) in [6, 6.07) is 10.7. The molecule has 1 aromatic carbocycles. The van der Waals surface area contributed by atoms with Gasteiger partial charge in [0.2, 0.25) is 5.91 Å². The highest BCUT2D eigenvalue weighted by Gasteiger charge is 2.33. The molecule has 2 aromatic rings. The maximum atomic E-state index is 12.4. The van der Waals surface area contributed by atoms with Crippen LogP contribution in [0, 0.1) is 0 Å². The number of benzene rings is 1. The summed E-state index contributed by atoms with van der Waals surface area (Å²) in [5, 5.41) is 6.12. The van der Waals surface area contributed by atoms with Gasteiger partial charge in [0.25, 0.3) is 0 Å². The van der Waals surface area contributed by atoms with E-state index in [2.05, 4.69) is 10.4 Å². The lowest BCUT2D eigenvalue weighted by Crippen LogP contribution is -2.35. The highest BCUT2D eigenvalue weighted by Crippen LogP contribution is 2.27. The standard InChI is InChI=1S/C16H18F3N3O/c1-12(7-8-13-5-3-2-4-6-13)20-15(23)11-22-10-9-14(21-22)16(17,18)19/h2-6,9-10,12H,7-8,11H2,1H3,(H,20,23)/t12-/m1/s1. The van der Waals surface area contributed by atoms with Gasteiger partial charge in [-0.1, -0.05) is 30.3 Å². The molecule has 1 N–H and O–H groups in total. The van der Waals surface area contributed by atoms with Crippen LogP contribution < -0.4 is 5.32 Å². The lowest BCUT2D eigenvalue weighted by atomic mass is 10.1. The van der Waals surface area contributed by atoms with E-state index in [1.165, 1.54) is 5.56 Å². The summed E-state index contributed by atoms with van der Waals surface area (Å²) in [4.78, 5) is 11.8. The van der Waals surface area contributed by atoms with Gasteiger partial charge in [0, 0.05) is 12.2 Å². The highest BCUT2D eigenvalue weighted by molar-refractivity contribution is 5.75. The van der Waals surface area contributed by atoms with E-state index in [-0.39, 0.29) is 18.5 Å². The first-order valence-electron chi connectivity index (χ1n) is 7.28. The number of hydrogen-bond donors (Lipinski definition) is 1. The van der Waals surface area contributed by atoms with Crippen molar-refractivity contribution in [2.75, 3.05) is 0 Å². The van der Waals surface area contributed by atoms with Gasteiger partial charge in [-0.3, -0.25) is 9.48 Å². The van der Waals surface area contributed by atoms with Crippen molar-refractivity contribution in [1.82, 2.24) is 15.1 Å². The second-order valence-electron chi connectivity index (χ2n) is 5.39. The Labute approximate surface area is 132 Å². The molecule has 23 heavy (non-hydrogen) atoms. The summed E-state index contributed by atoms with van der Waals surface area (Å²) in [5.74, 6) is -0.359. The van der Waals surface area contributed by atoms with Crippen molar-refractivity contribution in [3.05, 3.63) is 53.9 Å². The zero-order valence-corrected chi connectivity index (χ0v) is 12.7. The Balaban J connectivity index is 1.79. The molecule has 0 aliphatic heterocycles. The number of aromatic nitrogens is 2. The number of carbonyl (C=O) groups is 1. The van der Waals surface area contributed by atoms with Crippen LogP contribution in [0.15, 0.2) is 42.6 Å². The molecule has 0 spiro atoms. The first kappa shape index (κ1) is 17.1. The van der Waals surface area contributed by atoms with Crippen molar-refractivity contribution in [1.29, 1.82) is 0 Å². The van der Waals surface area contributed by atoms with E-state index in [4.69, 9.17) is 0 Å². The van der Waals surface area contributed by atoms with Gasteiger partial charge in [-0.05, 0) is 31.4 Å². The minimum Gasteiger partial charge on any atom is -0.352 e. The van der Waals surface area contributed by atoms with Crippen molar-refractivity contribution in [3.63, 3.8) is 0 Å². The number of hydrogen-bond acceptors (Lipinski definition) is 2. The van der Waals surface area contributed by atoms with Crippen LogP contribution in [0.1, 0.15) is 24.6 Å². The third-order valence-corrected chi connectivity index (χ3v) is 3.35. The summed E-state index contributed by atoms with van der Waals surface area (Å²) in [7, 11) is 0. The van der Waals surface area contributed by atoms with E-state index in [0.717, 1.165) is 29.8 Å². The van der Waals surface area contributed by atoms with Crippen LogP contribution in [0.3, 0.4) is 0 Å². The lowest BCUT2D eigenvalue weighted by Gasteiger charge is -2.14. The van der Waals surface area contributed by atoms with Crippen molar-refractivity contribution in [2.45, 2.75) is 38.5 Å². The predicted octanol–water partition coefficient (Wildman–Crippen LogP) is 3.04. The van der Waals surface area contributed by atoms with E-state index in [1.54, 1.807) is 0 Å². The molecule has 4 nitrogen and oxygen atoms in total. The Bertz CT molecular complexity index is 638. The molecular weight excluding hydrogens is 307 g/mol. The highest BCUT2D eigenvalue weighted by atomic mass is 19.4. The quantitative estimate of drug-likeness (QED) is 0.887. The van der Waals surface area contributed by atoms with Crippen molar-refractivity contribution >= 4 is 5.91 Å². The smallest absolute Gasteiger partial charge is 0.352 e. The van der Waals surface area contributed by atoms with Crippen LogP contribution in [0.25, 0.3) is 0 Å². The Kier molecular flexibility index (Phi) is 5.41. The van der Waals surface area contributed by atoms with E-state index >= 15 is 0 Å². The van der Waals surface area contributed by atoms with Crippen molar-refractivity contribution in [3.8, 4) is 0 Å². The topological polar surface area (TPSA) is 46.9 Å². The molecule has 1 heterocycles. The molecule has 0 unspecified atom stereocenters. The summed E-state index contributed by atoms with van der Waals surface area (Å²) >= 11 is 0. The first-order valence-corrected chi connectivity index (χ1v) is 7.28. The summed E-state index contributed by atoms with van der Waals surface area (Å²) in [6.07, 6.45) is -1.77. The Morgan fingerprint density at radius 3 is 2.57 bits per heavy atom. The minimum absolute atomic E-state index is 0.0691. The molecule has 0 fully saturated rings. The number of alkyl halides is 3. The average molecular weight is 325 g/mol. The van der Waals surface area contributed by atoms with E-state index in [9.17, 15) is 18.0 Å². The predicted molar refractivity (Wildman–Crippen MR) is 79.6 cm³/mol. The molecule has 1 atom stereocenters. The number of aryl methyl sites for hydroxylation is 1. The SMILES string of the molecule is C[C@H](CCc1ccccc1)NC(=O)Cn1ccc(C(F)(F)F)n1. The number of rotatable bonds is 6. The average Bonchev–Trinajstić information content (AvgIpc) is 2.94. The zero-order valence-electron chi connectivity index (χ0n) is 12.7. The molecule has 0 aliphatic carbocycles. The molecule has 0 saturated heterocycles.